The third kappa shape index (κ3) is 3.75. The monoisotopic (exact) mass is 304 g/mol. The van der Waals surface area contributed by atoms with Gasteiger partial charge in [-0.2, -0.15) is 6.42 Å². The molecule has 2 aromatic carbocycles. The molecule has 0 aliphatic rings. The molecule has 0 bridgehead atoms. The first-order chi connectivity index (χ1) is 10.0. The van der Waals surface area contributed by atoms with Crippen molar-refractivity contribution in [1.82, 2.24) is 0 Å². The van der Waals surface area contributed by atoms with Gasteiger partial charge in [-0.1, -0.05) is 81.4 Å². The van der Waals surface area contributed by atoms with Crippen LogP contribution in [0.25, 0.3) is 0 Å². The molecule has 0 N–H and O–H groups in total. The summed E-state index contributed by atoms with van der Waals surface area (Å²) < 4.78 is 6.59. The first kappa shape index (κ1) is 19.3. The average molecular weight is 304 g/mol. The van der Waals surface area contributed by atoms with Crippen LogP contribution >= 0.6 is 0 Å². The zero-order valence-corrected chi connectivity index (χ0v) is 15.3. The molecular formula is C19H25LiOSi. The second kappa shape index (κ2) is 8.17. The summed E-state index contributed by atoms with van der Waals surface area (Å²) in [7, 11) is -2.31. The predicted molar refractivity (Wildman–Crippen MR) is 93.5 cm³/mol. The van der Waals surface area contributed by atoms with Crippen LogP contribution in [0.3, 0.4) is 0 Å². The van der Waals surface area contributed by atoms with E-state index in [1.54, 1.807) is 0 Å². The molecule has 0 amide bonds. The van der Waals surface area contributed by atoms with Crippen molar-refractivity contribution >= 4 is 18.7 Å². The zero-order valence-electron chi connectivity index (χ0n) is 14.3. The second-order valence-electron chi connectivity index (χ2n) is 6.37. The van der Waals surface area contributed by atoms with Gasteiger partial charge in [0.2, 0.25) is 0 Å². The van der Waals surface area contributed by atoms with E-state index in [2.05, 4.69) is 88.4 Å². The number of hydrogen-bond donors (Lipinski definition) is 0. The van der Waals surface area contributed by atoms with Crippen LogP contribution in [-0.2, 0) is 4.43 Å². The van der Waals surface area contributed by atoms with Gasteiger partial charge in [-0.15, -0.1) is 0 Å². The van der Waals surface area contributed by atoms with E-state index in [4.69, 9.17) is 4.43 Å². The first-order valence-corrected chi connectivity index (χ1v) is 9.47. The molecule has 0 unspecified atom stereocenters. The van der Waals surface area contributed by atoms with E-state index in [0.29, 0.717) is 6.61 Å². The predicted octanol–water partition coefficient (Wildman–Crippen LogP) is 0.791. The largest absolute Gasteiger partial charge is 1.00 e. The summed E-state index contributed by atoms with van der Waals surface area (Å²) in [6.45, 7) is 11.5. The quantitative estimate of drug-likeness (QED) is 0.586. The van der Waals surface area contributed by atoms with Crippen molar-refractivity contribution in [1.29, 1.82) is 0 Å². The molecule has 0 aliphatic heterocycles. The Morgan fingerprint density at radius 2 is 1.27 bits per heavy atom. The molecule has 0 fully saturated rings. The molecule has 0 aliphatic carbocycles. The SMILES string of the molecule is [CH2-]CCO[Si](c1ccccc1)(c1ccccc1)C(C)(C)C.[Li+]. The molecular weight excluding hydrogens is 279 g/mol. The van der Waals surface area contributed by atoms with Crippen LogP contribution in [0.1, 0.15) is 27.2 Å². The summed E-state index contributed by atoms with van der Waals surface area (Å²) in [4.78, 5) is 0. The van der Waals surface area contributed by atoms with Gasteiger partial charge in [0.05, 0.1) is 0 Å². The Morgan fingerprint density at radius 1 is 0.864 bits per heavy atom. The van der Waals surface area contributed by atoms with Gasteiger partial charge in [0.25, 0.3) is 8.32 Å². The molecule has 2 rings (SSSR count). The van der Waals surface area contributed by atoms with Crippen molar-refractivity contribution in [3.05, 3.63) is 67.6 Å². The molecule has 3 heteroatoms. The third-order valence-electron chi connectivity index (χ3n) is 3.88. The number of benzene rings is 2. The number of rotatable bonds is 5. The first-order valence-electron chi connectivity index (χ1n) is 7.56. The van der Waals surface area contributed by atoms with E-state index in [9.17, 15) is 0 Å². The van der Waals surface area contributed by atoms with Crippen molar-refractivity contribution in [2.24, 2.45) is 0 Å². The van der Waals surface area contributed by atoms with Crippen LogP contribution in [0.15, 0.2) is 60.7 Å². The summed E-state index contributed by atoms with van der Waals surface area (Å²) in [6.07, 6.45) is 0.796. The molecule has 1 nitrogen and oxygen atoms in total. The van der Waals surface area contributed by atoms with E-state index in [1.165, 1.54) is 10.4 Å². The molecule has 0 saturated heterocycles. The molecule has 0 heterocycles. The van der Waals surface area contributed by atoms with Gasteiger partial charge in [0.1, 0.15) is 0 Å². The van der Waals surface area contributed by atoms with Crippen molar-refractivity contribution in [3.8, 4) is 0 Å². The topological polar surface area (TPSA) is 9.23 Å². The third-order valence-corrected chi connectivity index (χ3v) is 8.92. The fourth-order valence-corrected chi connectivity index (χ4v) is 7.59. The van der Waals surface area contributed by atoms with E-state index in [-0.39, 0.29) is 23.9 Å². The Morgan fingerprint density at radius 3 is 1.59 bits per heavy atom. The van der Waals surface area contributed by atoms with E-state index in [1.807, 2.05) is 0 Å². The van der Waals surface area contributed by atoms with Gasteiger partial charge in [-0.25, -0.2) is 0 Å². The van der Waals surface area contributed by atoms with Gasteiger partial charge in [-0.3, -0.25) is 0 Å². The van der Waals surface area contributed by atoms with Crippen LogP contribution in [0, 0.1) is 6.92 Å². The van der Waals surface area contributed by atoms with Crippen LogP contribution in [0.2, 0.25) is 5.04 Å². The van der Waals surface area contributed by atoms with E-state index >= 15 is 0 Å². The van der Waals surface area contributed by atoms with Gasteiger partial charge in [-0.05, 0) is 15.4 Å². The summed E-state index contributed by atoms with van der Waals surface area (Å²) in [5.74, 6) is 0. The Kier molecular flexibility index (Phi) is 7.16. The molecule has 0 radical (unpaired) electrons. The Bertz CT molecular complexity index is 509. The van der Waals surface area contributed by atoms with Crippen molar-refractivity contribution < 1.29 is 23.3 Å². The maximum absolute atomic E-state index is 6.59. The average Bonchev–Trinajstić information content (AvgIpc) is 2.49. The summed E-state index contributed by atoms with van der Waals surface area (Å²) in [5.41, 5.74) is 0. The van der Waals surface area contributed by atoms with Crippen molar-refractivity contribution in [2.75, 3.05) is 6.61 Å². The minimum atomic E-state index is -2.31. The van der Waals surface area contributed by atoms with Crippen LogP contribution in [0.4, 0.5) is 0 Å². The van der Waals surface area contributed by atoms with Crippen LogP contribution in [-0.4, -0.2) is 14.9 Å². The Balaban J connectivity index is 0.00000242. The molecule has 0 aromatic heterocycles. The fraction of sp³-hybridized carbons (Fsp3) is 0.316. The zero-order chi connectivity index (χ0) is 15.3. The second-order valence-corrected chi connectivity index (χ2v) is 10.7. The molecule has 22 heavy (non-hydrogen) atoms. The van der Waals surface area contributed by atoms with Gasteiger partial charge in [0.15, 0.2) is 0 Å². The minimum Gasteiger partial charge on any atom is -0.410 e. The van der Waals surface area contributed by atoms with E-state index < -0.39 is 8.32 Å². The smallest absolute Gasteiger partial charge is 0.410 e. The minimum absolute atomic E-state index is 0. The molecule has 2 aromatic rings. The maximum Gasteiger partial charge on any atom is 1.00 e. The summed E-state index contributed by atoms with van der Waals surface area (Å²) >= 11 is 0. The molecule has 0 saturated carbocycles. The van der Waals surface area contributed by atoms with E-state index in [0.717, 1.165) is 6.42 Å². The molecule has 0 spiro atoms. The van der Waals surface area contributed by atoms with Crippen molar-refractivity contribution in [2.45, 2.75) is 32.2 Å². The van der Waals surface area contributed by atoms with Crippen LogP contribution in [0.5, 0.6) is 0 Å². The van der Waals surface area contributed by atoms with Gasteiger partial charge >= 0.3 is 18.9 Å². The number of hydrogen-bond acceptors (Lipinski definition) is 1. The summed E-state index contributed by atoms with van der Waals surface area (Å²) in [5, 5.41) is 2.72. The summed E-state index contributed by atoms with van der Waals surface area (Å²) in [6, 6.07) is 21.4. The van der Waals surface area contributed by atoms with Gasteiger partial charge < -0.3 is 11.3 Å². The van der Waals surface area contributed by atoms with Gasteiger partial charge in [0, 0.05) is 6.61 Å². The van der Waals surface area contributed by atoms with Crippen molar-refractivity contribution in [3.63, 3.8) is 0 Å². The molecule has 112 valence electrons. The Hall–Kier alpha value is -0.786. The normalized spacial score (nSPS) is 11.8. The fourth-order valence-electron chi connectivity index (χ4n) is 2.99. The Labute approximate surface area is 148 Å². The maximum atomic E-state index is 6.59. The molecule has 0 atom stereocenters. The standard InChI is InChI=1S/C19H25OSi.Li/c1-5-16-20-21(19(2,3)4,17-12-8-6-9-13-17)18-14-10-7-11-15-18;/h6-15H,1,5,16H2,2-4H3;/q-1;+1. The van der Waals surface area contributed by atoms with Crippen LogP contribution < -0.4 is 29.2 Å².